The van der Waals surface area contributed by atoms with Gasteiger partial charge in [-0.25, -0.2) is 4.98 Å². The first-order valence-electron chi connectivity index (χ1n) is 7.13. The third-order valence-electron chi connectivity index (χ3n) is 3.57. The smallest absolute Gasteiger partial charge is 0.261 e. The molecule has 124 valence electrons. The van der Waals surface area contributed by atoms with Crippen molar-refractivity contribution in [3.63, 3.8) is 0 Å². The number of methoxy groups -OCH3 is 2. The van der Waals surface area contributed by atoms with Gasteiger partial charge in [0.05, 0.1) is 35.0 Å². The second kappa shape index (κ2) is 6.67. The summed E-state index contributed by atoms with van der Waals surface area (Å²) < 4.78 is 11.4. The minimum absolute atomic E-state index is 0.321. The first-order valence-corrected chi connectivity index (χ1v) is 8.32. The number of nitrogens with zero attached hydrogens (tertiary/aromatic N) is 1. The second-order valence-electron chi connectivity index (χ2n) is 5.06. The van der Waals surface area contributed by atoms with E-state index in [1.807, 2.05) is 19.1 Å². The number of thiazole rings is 1. The highest BCUT2D eigenvalue weighted by Gasteiger charge is 2.18. The number of halogens is 1. The maximum Gasteiger partial charge on any atom is 0.261 e. The molecule has 0 fully saturated rings. The van der Waals surface area contributed by atoms with Crippen molar-refractivity contribution < 1.29 is 14.3 Å². The topological polar surface area (TPSA) is 60.5 Å². The lowest BCUT2D eigenvalue weighted by molar-refractivity contribution is 0.102. The Hall–Kier alpha value is -2.31. The molecule has 1 N–H and O–H groups in total. The first kappa shape index (κ1) is 16.5. The molecule has 0 aliphatic rings. The van der Waals surface area contributed by atoms with E-state index in [0.717, 1.165) is 15.8 Å². The summed E-state index contributed by atoms with van der Waals surface area (Å²) in [6, 6.07) is 8.86. The number of anilines is 1. The summed E-state index contributed by atoms with van der Waals surface area (Å²) in [5.74, 6) is 0.555. The number of benzene rings is 2. The van der Waals surface area contributed by atoms with Gasteiger partial charge in [0.25, 0.3) is 5.91 Å². The van der Waals surface area contributed by atoms with E-state index >= 15 is 0 Å². The second-order valence-corrected chi connectivity index (χ2v) is 6.46. The molecule has 0 saturated heterocycles. The molecule has 3 aromatic rings. The predicted octanol–water partition coefficient (Wildman–Crippen LogP) is 4.53. The van der Waals surface area contributed by atoms with Crippen molar-refractivity contribution in [2.75, 3.05) is 19.5 Å². The summed E-state index contributed by atoms with van der Waals surface area (Å²) in [5, 5.41) is 3.90. The summed E-state index contributed by atoms with van der Waals surface area (Å²) in [4.78, 5) is 17.1. The van der Waals surface area contributed by atoms with Gasteiger partial charge in [-0.15, -0.1) is 0 Å². The van der Waals surface area contributed by atoms with Crippen molar-refractivity contribution in [1.29, 1.82) is 0 Å². The third kappa shape index (κ3) is 2.90. The molecule has 0 atom stereocenters. The fourth-order valence-corrected chi connectivity index (χ4v) is 3.60. The number of fused-ring (bicyclic) bond motifs is 1. The highest BCUT2D eigenvalue weighted by molar-refractivity contribution is 7.23. The molecule has 24 heavy (non-hydrogen) atoms. The molecule has 0 aliphatic heterocycles. The van der Waals surface area contributed by atoms with Gasteiger partial charge in [-0.05, 0) is 30.7 Å². The highest BCUT2D eigenvalue weighted by Crippen LogP contribution is 2.35. The number of para-hydroxylation sites is 1. The van der Waals surface area contributed by atoms with E-state index < -0.39 is 0 Å². The zero-order valence-electron chi connectivity index (χ0n) is 13.3. The fraction of sp³-hybridized carbons (Fsp3) is 0.176. The lowest BCUT2D eigenvalue weighted by atomic mass is 10.1. The maximum atomic E-state index is 12.6. The number of nitrogens with one attached hydrogen (secondary N) is 1. The van der Waals surface area contributed by atoms with Crippen molar-refractivity contribution >= 4 is 44.2 Å². The summed E-state index contributed by atoms with van der Waals surface area (Å²) >= 11 is 7.54. The van der Waals surface area contributed by atoms with Gasteiger partial charge >= 0.3 is 0 Å². The van der Waals surface area contributed by atoms with Crippen LogP contribution in [0.15, 0.2) is 30.3 Å². The fourth-order valence-electron chi connectivity index (χ4n) is 2.39. The molecule has 1 amide bonds. The van der Waals surface area contributed by atoms with Crippen molar-refractivity contribution in [3.8, 4) is 11.5 Å². The van der Waals surface area contributed by atoms with Gasteiger partial charge < -0.3 is 9.47 Å². The van der Waals surface area contributed by atoms with Crippen LogP contribution < -0.4 is 14.8 Å². The van der Waals surface area contributed by atoms with Gasteiger partial charge in [-0.3, -0.25) is 10.1 Å². The van der Waals surface area contributed by atoms with Crippen LogP contribution in [-0.2, 0) is 0 Å². The number of hydrogen-bond acceptors (Lipinski definition) is 5. The molecule has 0 unspecified atom stereocenters. The number of carbonyl (C=O) groups excluding carboxylic acids is 1. The third-order valence-corrected chi connectivity index (χ3v) is 5.00. The number of rotatable bonds is 4. The van der Waals surface area contributed by atoms with E-state index in [0.29, 0.717) is 27.2 Å². The Balaban J connectivity index is 1.96. The van der Waals surface area contributed by atoms with E-state index in [1.165, 1.54) is 25.6 Å². The van der Waals surface area contributed by atoms with Gasteiger partial charge in [-0.1, -0.05) is 35.1 Å². The number of aryl methyl sites for hydroxylation is 1. The standard InChI is InChI=1S/C17H15ClN2O3S/c1-9-7-8-11(18)15-13(9)19-17(24-15)20-16(21)10-5-4-6-12(22-2)14(10)23-3/h4-8H,1-3H3,(H,19,20,21). The Morgan fingerprint density at radius 1 is 1.21 bits per heavy atom. The monoisotopic (exact) mass is 362 g/mol. The number of aromatic nitrogens is 1. The van der Waals surface area contributed by atoms with E-state index in [4.69, 9.17) is 21.1 Å². The SMILES string of the molecule is COc1cccc(C(=O)Nc2nc3c(C)ccc(Cl)c3s2)c1OC. The van der Waals surface area contributed by atoms with Crippen LogP contribution in [0, 0.1) is 6.92 Å². The molecular weight excluding hydrogens is 348 g/mol. The lowest BCUT2D eigenvalue weighted by Crippen LogP contribution is -2.13. The molecule has 0 aliphatic carbocycles. The Morgan fingerprint density at radius 2 is 2.00 bits per heavy atom. The number of ether oxygens (including phenoxy) is 2. The minimum atomic E-state index is -0.321. The summed E-state index contributed by atoms with van der Waals surface area (Å²) in [6.45, 7) is 1.95. The van der Waals surface area contributed by atoms with Crippen LogP contribution in [0.4, 0.5) is 5.13 Å². The molecule has 1 aromatic heterocycles. The lowest BCUT2D eigenvalue weighted by Gasteiger charge is -2.11. The Bertz CT molecular complexity index is 885. The summed E-state index contributed by atoms with van der Waals surface area (Å²) in [6.07, 6.45) is 0. The molecule has 0 radical (unpaired) electrons. The van der Waals surface area contributed by atoms with E-state index in [2.05, 4.69) is 10.3 Å². The Labute approximate surface area is 148 Å². The van der Waals surface area contributed by atoms with Crippen LogP contribution in [0.2, 0.25) is 5.02 Å². The average molecular weight is 363 g/mol. The largest absolute Gasteiger partial charge is 0.493 e. The first-order chi connectivity index (χ1) is 11.5. The van der Waals surface area contributed by atoms with Crippen LogP contribution in [0.25, 0.3) is 10.2 Å². The molecule has 0 saturated carbocycles. The van der Waals surface area contributed by atoms with Crippen LogP contribution in [0.1, 0.15) is 15.9 Å². The maximum absolute atomic E-state index is 12.6. The van der Waals surface area contributed by atoms with Crippen molar-refractivity contribution in [3.05, 3.63) is 46.5 Å². The highest BCUT2D eigenvalue weighted by atomic mass is 35.5. The van der Waals surface area contributed by atoms with E-state index in [-0.39, 0.29) is 5.91 Å². The Morgan fingerprint density at radius 3 is 2.67 bits per heavy atom. The van der Waals surface area contributed by atoms with Crippen LogP contribution in [0.5, 0.6) is 11.5 Å². The molecular formula is C17H15ClN2O3S. The van der Waals surface area contributed by atoms with Gasteiger partial charge in [-0.2, -0.15) is 0 Å². The van der Waals surface area contributed by atoms with Crippen molar-refractivity contribution in [2.24, 2.45) is 0 Å². The summed E-state index contributed by atoms with van der Waals surface area (Å²) in [7, 11) is 3.02. The number of carbonyl (C=O) groups is 1. The van der Waals surface area contributed by atoms with Gasteiger partial charge in [0.2, 0.25) is 0 Å². The minimum Gasteiger partial charge on any atom is -0.493 e. The zero-order chi connectivity index (χ0) is 17.3. The molecule has 1 heterocycles. The zero-order valence-corrected chi connectivity index (χ0v) is 14.9. The quantitative estimate of drug-likeness (QED) is 0.740. The van der Waals surface area contributed by atoms with Gasteiger partial charge in [0, 0.05) is 0 Å². The predicted molar refractivity (Wildman–Crippen MR) is 96.9 cm³/mol. The molecule has 2 aromatic carbocycles. The van der Waals surface area contributed by atoms with Crippen LogP contribution in [-0.4, -0.2) is 25.1 Å². The average Bonchev–Trinajstić information content (AvgIpc) is 3.02. The molecule has 5 nitrogen and oxygen atoms in total. The van der Waals surface area contributed by atoms with E-state index in [1.54, 1.807) is 18.2 Å². The normalized spacial score (nSPS) is 10.7. The van der Waals surface area contributed by atoms with Gasteiger partial charge in [0.1, 0.15) is 0 Å². The van der Waals surface area contributed by atoms with Crippen LogP contribution in [0.3, 0.4) is 0 Å². The van der Waals surface area contributed by atoms with Gasteiger partial charge in [0.15, 0.2) is 16.6 Å². The molecule has 0 bridgehead atoms. The summed E-state index contributed by atoms with van der Waals surface area (Å²) in [5.41, 5.74) is 2.17. The van der Waals surface area contributed by atoms with Crippen molar-refractivity contribution in [2.45, 2.75) is 6.92 Å². The molecule has 7 heteroatoms. The Kier molecular flexibility index (Phi) is 4.59. The number of hydrogen-bond donors (Lipinski definition) is 1. The van der Waals surface area contributed by atoms with E-state index in [9.17, 15) is 4.79 Å². The van der Waals surface area contributed by atoms with Crippen LogP contribution >= 0.6 is 22.9 Å². The van der Waals surface area contributed by atoms with Crippen molar-refractivity contribution in [1.82, 2.24) is 4.98 Å². The molecule has 3 rings (SSSR count). The molecule has 0 spiro atoms. The number of amides is 1.